The lowest BCUT2D eigenvalue weighted by Crippen LogP contribution is -1.70. The van der Waals surface area contributed by atoms with Crippen molar-refractivity contribution in [2.45, 2.75) is 0 Å². The normalized spacial score (nSPS) is 8.57. The van der Waals surface area contributed by atoms with Crippen LogP contribution in [0, 0.1) is 0 Å². The van der Waals surface area contributed by atoms with Crippen LogP contribution in [0.2, 0.25) is 20.1 Å². The Morgan fingerprint density at radius 3 is 1.71 bits per heavy atom. The van der Waals surface area contributed by atoms with Gasteiger partial charge in [-0.15, -0.1) is 0 Å². The van der Waals surface area contributed by atoms with Crippen molar-refractivity contribution < 1.29 is 10.2 Å². The van der Waals surface area contributed by atoms with Crippen molar-refractivity contribution in [3.8, 4) is 11.5 Å². The van der Waals surface area contributed by atoms with Gasteiger partial charge in [0.15, 0.2) is 0 Å². The first-order valence-corrected chi connectivity index (χ1v) is 7.42. The summed E-state index contributed by atoms with van der Waals surface area (Å²) in [6.07, 6.45) is 0. The molecule has 8 heteroatoms. The van der Waals surface area contributed by atoms with E-state index in [1.165, 1.54) is 18.2 Å². The molecule has 0 aliphatic carbocycles. The number of aromatic hydroxyl groups is 2. The maximum atomic E-state index is 8.95. The minimum atomic E-state index is -0.0592. The number of rotatable bonds is 0. The number of hydrogen-bond donors (Lipinski definition) is 2. The molecule has 2 rings (SSSR count). The molecule has 21 heavy (non-hydrogen) atoms. The first kappa shape index (κ1) is 20.4. The number of phenols is 2. The largest absolute Gasteiger partial charge is 0.508 e. The molecule has 2 nitrogen and oxygen atoms in total. The van der Waals surface area contributed by atoms with Gasteiger partial charge in [0.25, 0.3) is 0 Å². The quantitative estimate of drug-likeness (QED) is 0.394. The van der Waals surface area contributed by atoms with Crippen LogP contribution in [0.3, 0.4) is 0 Å². The molecule has 112 valence electrons. The zero-order valence-electron chi connectivity index (χ0n) is 10.2. The van der Waals surface area contributed by atoms with Crippen molar-refractivity contribution in [2.75, 3.05) is 0 Å². The monoisotopic (exact) mass is 400 g/mol. The van der Waals surface area contributed by atoms with Gasteiger partial charge in [-0.1, -0.05) is 52.5 Å². The first-order chi connectivity index (χ1) is 9.81. The van der Waals surface area contributed by atoms with Crippen molar-refractivity contribution in [3.63, 3.8) is 0 Å². The molecule has 0 aromatic heterocycles. The fourth-order valence-corrected chi connectivity index (χ4v) is 1.71. The predicted octanol–water partition coefficient (Wildman–Crippen LogP) is 6.42. The second kappa shape index (κ2) is 11.0. The molecular formula is C13H8Cl4O2S2. The molecule has 0 aliphatic rings. The van der Waals surface area contributed by atoms with E-state index in [1.54, 1.807) is 18.2 Å². The minimum absolute atomic E-state index is 0.0592. The summed E-state index contributed by atoms with van der Waals surface area (Å²) in [5.41, 5.74) is 0. The van der Waals surface area contributed by atoms with Gasteiger partial charge in [0.05, 0.1) is 15.1 Å². The van der Waals surface area contributed by atoms with Gasteiger partial charge in [0.1, 0.15) is 11.5 Å². The number of hydrogen-bond acceptors (Lipinski definition) is 4. The van der Waals surface area contributed by atoms with Crippen molar-refractivity contribution in [1.29, 1.82) is 0 Å². The lowest BCUT2D eigenvalue weighted by atomic mass is 10.3. The van der Waals surface area contributed by atoms with E-state index >= 15 is 0 Å². The zero-order chi connectivity index (χ0) is 16.4. The van der Waals surface area contributed by atoms with E-state index in [0.717, 1.165) is 0 Å². The van der Waals surface area contributed by atoms with Crippen molar-refractivity contribution >= 4 is 75.2 Å². The summed E-state index contributed by atoms with van der Waals surface area (Å²) < 4.78 is 1.92. The standard InChI is InChI=1S/C6H3Cl3O.C6H5ClO.CS2/c7-3-1-5(9)6(10)2-4(3)8;7-5-2-1-3-6(8)4-5;2-1-3/h1-2,10H;1-4,8H;. The predicted molar refractivity (Wildman–Crippen MR) is 96.4 cm³/mol. The average molecular weight is 402 g/mol. The molecule has 0 heterocycles. The maximum Gasteiger partial charge on any atom is 0.135 e. The van der Waals surface area contributed by atoms with E-state index in [1.807, 2.05) is 4.31 Å². The van der Waals surface area contributed by atoms with Crippen molar-refractivity contribution in [3.05, 3.63) is 56.5 Å². The van der Waals surface area contributed by atoms with Gasteiger partial charge in [-0.25, -0.2) is 0 Å². The van der Waals surface area contributed by atoms with Crippen LogP contribution in [0.15, 0.2) is 36.4 Å². The van der Waals surface area contributed by atoms with Crippen LogP contribution < -0.4 is 0 Å². The Balaban J connectivity index is 0.000000327. The summed E-state index contributed by atoms with van der Waals surface area (Å²) in [4.78, 5) is 0. The highest BCUT2D eigenvalue weighted by atomic mass is 35.5. The topological polar surface area (TPSA) is 40.5 Å². The molecule has 2 aromatic carbocycles. The summed E-state index contributed by atoms with van der Waals surface area (Å²) in [7, 11) is 0. The highest BCUT2D eigenvalue weighted by Gasteiger charge is 2.02. The Labute approximate surface area is 152 Å². The van der Waals surface area contributed by atoms with Crippen LogP contribution in [0.5, 0.6) is 11.5 Å². The smallest absolute Gasteiger partial charge is 0.135 e. The number of phenolic OH excluding ortho intramolecular Hbond substituents is 2. The summed E-state index contributed by atoms with van der Waals surface area (Å²) in [5.74, 6) is 0.147. The van der Waals surface area contributed by atoms with Gasteiger partial charge in [0.2, 0.25) is 0 Å². The Kier molecular flexibility index (Phi) is 10.7. The highest BCUT2D eigenvalue weighted by molar-refractivity contribution is 7.93. The molecule has 2 N–H and O–H groups in total. The third kappa shape index (κ3) is 9.12. The number of benzene rings is 2. The molecule has 0 amide bonds. The van der Waals surface area contributed by atoms with E-state index in [4.69, 9.17) is 56.6 Å². The van der Waals surface area contributed by atoms with Gasteiger partial charge in [0, 0.05) is 15.4 Å². The van der Waals surface area contributed by atoms with E-state index in [9.17, 15) is 0 Å². The van der Waals surface area contributed by atoms with Crippen LogP contribution in [0.1, 0.15) is 0 Å². The zero-order valence-corrected chi connectivity index (χ0v) is 14.8. The third-order valence-corrected chi connectivity index (χ3v) is 3.06. The fourth-order valence-electron chi connectivity index (χ4n) is 0.988. The molecule has 0 bridgehead atoms. The van der Waals surface area contributed by atoms with Gasteiger partial charge in [-0.2, -0.15) is 0 Å². The molecular weight excluding hydrogens is 394 g/mol. The molecule has 0 aliphatic heterocycles. The van der Waals surface area contributed by atoms with Crippen molar-refractivity contribution in [1.82, 2.24) is 0 Å². The van der Waals surface area contributed by atoms with Crippen LogP contribution in [0.4, 0.5) is 0 Å². The lowest BCUT2D eigenvalue weighted by Gasteiger charge is -1.97. The van der Waals surface area contributed by atoms with E-state index < -0.39 is 0 Å². The summed E-state index contributed by atoms with van der Waals surface area (Å²) in [6, 6.07) is 9.15. The Morgan fingerprint density at radius 2 is 1.33 bits per heavy atom. The van der Waals surface area contributed by atoms with Crippen LogP contribution in [0.25, 0.3) is 0 Å². The number of halogens is 4. The first-order valence-electron chi connectivity index (χ1n) is 5.09. The summed E-state index contributed by atoms with van der Waals surface area (Å²) in [5, 5.41) is 19.1. The molecule has 0 saturated heterocycles. The van der Waals surface area contributed by atoms with E-state index in [2.05, 4.69) is 24.4 Å². The van der Waals surface area contributed by atoms with Crippen LogP contribution in [-0.2, 0) is 0 Å². The lowest BCUT2D eigenvalue weighted by molar-refractivity contribution is 0.475. The Bertz CT molecular complexity index is 562. The Morgan fingerprint density at radius 1 is 0.810 bits per heavy atom. The van der Waals surface area contributed by atoms with Gasteiger partial charge in [-0.3, -0.25) is 0 Å². The second-order valence-electron chi connectivity index (χ2n) is 3.28. The van der Waals surface area contributed by atoms with Gasteiger partial charge >= 0.3 is 0 Å². The molecule has 0 fully saturated rings. The minimum Gasteiger partial charge on any atom is -0.508 e. The SMILES string of the molecule is Oc1cc(Cl)c(Cl)cc1Cl.Oc1cccc(Cl)c1.S=C=S. The van der Waals surface area contributed by atoms with Crippen LogP contribution in [-0.4, -0.2) is 14.5 Å². The van der Waals surface area contributed by atoms with Crippen molar-refractivity contribution in [2.24, 2.45) is 0 Å². The third-order valence-electron chi connectivity index (χ3n) is 1.80. The maximum absolute atomic E-state index is 8.95. The molecule has 2 aromatic rings. The molecule has 0 saturated carbocycles. The van der Waals surface area contributed by atoms with Gasteiger partial charge < -0.3 is 10.2 Å². The molecule has 0 radical (unpaired) electrons. The average Bonchev–Trinajstić information content (AvgIpc) is 2.38. The number of thiocarbonyl (C=S) groups is 2. The second-order valence-corrected chi connectivity index (χ2v) is 5.61. The van der Waals surface area contributed by atoms with E-state index in [-0.39, 0.29) is 16.5 Å². The molecule has 0 unspecified atom stereocenters. The molecule has 0 spiro atoms. The highest BCUT2D eigenvalue weighted by Crippen LogP contribution is 2.32. The summed E-state index contributed by atoms with van der Waals surface area (Å²) in [6.45, 7) is 0. The fraction of sp³-hybridized carbons (Fsp3) is 0. The Hall–Kier alpha value is -0.580. The van der Waals surface area contributed by atoms with E-state index in [0.29, 0.717) is 15.1 Å². The molecule has 0 atom stereocenters. The van der Waals surface area contributed by atoms with Gasteiger partial charge in [-0.05, 0) is 48.7 Å². The van der Waals surface area contributed by atoms with Crippen LogP contribution >= 0.6 is 70.8 Å². The summed E-state index contributed by atoms with van der Waals surface area (Å²) >= 11 is 30.0.